The Labute approximate surface area is 105 Å². The Balaban J connectivity index is 2.08. The molecule has 0 aliphatic carbocycles. The summed E-state index contributed by atoms with van der Waals surface area (Å²) in [6, 6.07) is 9.43. The maximum atomic E-state index is 14.2. The number of pyridine rings is 1. The predicted molar refractivity (Wildman–Crippen MR) is 67.3 cm³/mol. The molecule has 3 rings (SSSR count). The minimum Gasteiger partial charge on any atom is -0.392 e. The summed E-state index contributed by atoms with van der Waals surface area (Å²) in [7, 11) is 0. The summed E-state index contributed by atoms with van der Waals surface area (Å²) in [6.45, 7) is 0.412. The highest BCUT2D eigenvalue weighted by Gasteiger charge is 2.24. The van der Waals surface area contributed by atoms with E-state index in [9.17, 15) is 4.39 Å². The Morgan fingerprint density at radius 3 is 2.94 bits per heavy atom. The molecule has 18 heavy (non-hydrogen) atoms. The molecule has 2 heterocycles. The number of benzene rings is 1. The van der Waals surface area contributed by atoms with Crippen molar-refractivity contribution in [1.29, 1.82) is 0 Å². The Morgan fingerprint density at radius 2 is 2.11 bits per heavy atom. The number of aliphatic hydroxyl groups is 1. The minimum absolute atomic E-state index is 0.282. The Morgan fingerprint density at radius 1 is 1.28 bits per heavy atom. The summed E-state index contributed by atoms with van der Waals surface area (Å²) >= 11 is 0. The van der Waals surface area contributed by atoms with Crippen LogP contribution < -0.4 is 4.90 Å². The maximum Gasteiger partial charge on any atom is 0.171 e. The number of aromatic nitrogens is 1. The van der Waals surface area contributed by atoms with E-state index in [2.05, 4.69) is 4.98 Å². The van der Waals surface area contributed by atoms with E-state index in [0.717, 1.165) is 18.7 Å². The first-order valence-electron chi connectivity index (χ1n) is 5.91. The fourth-order valence-electron chi connectivity index (χ4n) is 2.34. The summed E-state index contributed by atoms with van der Waals surface area (Å²) in [5.74, 6) is -0.136. The summed E-state index contributed by atoms with van der Waals surface area (Å²) in [4.78, 5) is 5.97. The molecule has 0 bridgehead atoms. The third-order valence-corrected chi connectivity index (χ3v) is 3.26. The number of rotatable bonds is 2. The van der Waals surface area contributed by atoms with Crippen LogP contribution in [0.4, 0.5) is 15.9 Å². The molecule has 2 aromatic rings. The van der Waals surface area contributed by atoms with Gasteiger partial charge < -0.3 is 10.0 Å². The van der Waals surface area contributed by atoms with Crippen molar-refractivity contribution in [2.75, 3.05) is 11.4 Å². The van der Waals surface area contributed by atoms with Crippen LogP contribution >= 0.6 is 0 Å². The van der Waals surface area contributed by atoms with Crippen LogP contribution in [0.25, 0.3) is 0 Å². The fraction of sp³-hybridized carbons (Fsp3) is 0.214. The topological polar surface area (TPSA) is 36.4 Å². The van der Waals surface area contributed by atoms with Crippen LogP contribution in [0.5, 0.6) is 0 Å². The molecule has 0 spiro atoms. The van der Waals surface area contributed by atoms with E-state index in [-0.39, 0.29) is 12.2 Å². The highest BCUT2D eigenvalue weighted by atomic mass is 19.1. The monoisotopic (exact) mass is 244 g/mol. The second kappa shape index (κ2) is 4.38. The van der Waals surface area contributed by atoms with Crippen molar-refractivity contribution in [2.45, 2.75) is 13.0 Å². The van der Waals surface area contributed by atoms with Crippen molar-refractivity contribution in [3.63, 3.8) is 0 Å². The van der Waals surface area contributed by atoms with Crippen LogP contribution in [0.2, 0.25) is 0 Å². The molecule has 1 aromatic heterocycles. The average molecular weight is 244 g/mol. The van der Waals surface area contributed by atoms with Gasteiger partial charge in [0, 0.05) is 24.0 Å². The quantitative estimate of drug-likeness (QED) is 0.881. The number of hydrogen-bond acceptors (Lipinski definition) is 3. The maximum absolute atomic E-state index is 14.2. The van der Waals surface area contributed by atoms with Gasteiger partial charge in [-0.05, 0) is 24.1 Å². The van der Waals surface area contributed by atoms with Gasteiger partial charge >= 0.3 is 0 Å². The number of nitrogens with zero attached hydrogens (tertiary/aromatic N) is 2. The normalized spacial score (nSPS) is 13.8. The van der Waals surface area contributed by atoms with Gasteiger partial charge in [-0.2, -0.15) is 0 Å². The van der Waals surface area contributed by atoms with E-state index < -0.39 is 5.82 Å². The van der Waals surface area contributed by atoms with E-state index in [0.29, 0.717) is 5.82 Å². The highest BCUT2D eigenvalue weighted by molar-refractivity contribution is 5.68. The lowest BCUT2D eigenvalue weighted by Crippen LogP contribution is -2.17. The van der Waals surface area contributed by atoms with Crippen LogP contribution in [0.1, 0.15) is 11.1 Å². The summed E-state index contributed by atoms with van der Waals surface area (Å²) < 4.78 is 14.2. The first-order chi connectivity index (χ1) is 8.81. The van der Waals surface area contributed by atoms with Gasteiger partial charge in [-0.25, -0.2) is 9.37 Å². The molecular formula is C14H13FN2O. The molecule has 1 aromatic carbocycles. The number of hydrogen-bond donors (Lipinski definition) is 1. The van der Waals surface area contributed by atoms with E-state index in [1.165, 1.54) is 17.8 Å². The molecule has 1 aliphatic heterocycles. The van der Waals surface area contributed by atoms with Crippen molar-refractivity contribution >= 4 is 11.5 Å². The molecule has 3 nitrogen and oxygen atoms in total. The fourth-order valence-corrected chi connectivity index (χ4v) is 2.34. The first-order valence-corrected chi connectivity index (χ1v) is 5.91. The van der Waals surface area contributed by atoms with Gasteiger partial charge in [0.1, 0.15) is 0 Å². The molecule has 0 saturated carbocycles. The van der Waals surface area contributed by atoms with Gasteiger partial charge in [0.25, 0.3) is 0 Å². The van der Waals surface area contributed by atoms with Crippen molar-refractivity contribution < 1.29 is 9.50 Å². The lowest BCUT2D eigenvalue weighted by Gasteiger charge is -2.19. The SMILES string of the molecule is OCc1ccnc(N2CCc3ccccc32)c1F. The van der Waals surface area contributed by atoms with Crippen LogP contribution in [0.15, 0.2) is 36.5 Å². The summed E-state index contributed by atoms with van der Waals surface area (Å²) in [5.41, 5.74) is 2.48. The third kappa shape index (κ3) is 1.66. The zero-order valence-corrected chi connectivity index (χ0v) is 9.81. The van der Waals surface area contributed by atoms with Crippen LogP contribution in [-0.2, 0) is 13.0 Å². The molecule has 0 saturated heterocycles. The highest BCUT2D eigenvalue weighted by Crippen LogP contribution is 2.34. The average Bonchev–Trinajstić information content (AvgIpc) is 2.83. The molecule has 0 fully saturated rings. The zero-order chi connectivity index (χ0) is 12.5. The summed E-state index contributed by atoms with van der Waals surface area (Å²) in [5, 5.41) is 9.09. The Hall–Kier alpha value is -1.94. The van der Waals surface area contributed by atoms with Crippen molar-refractivity contribution in [3.8, 4) is 0 Å². The number of para-hydroxylation sites is 1. The molecule has 1 aliphatic rings. The largest absolute Gasteiger partial charge is 0.392 e. The molecule has 0 unspecified atom stereocenters. The number of aliphatic hydroxyl groups excluding tert-OH is 1. The smallest absolute Gasteiger partial charge is 0.171 e. The predicted octanol–water partition coefficient (Wildman–Crippen LogP) is 2.41. The summed E-state index contributed by atoms with van der Waals surface area (Å²) in [6.07, 6.45) is 2.42. The van der Waals surface area contributed by atoms with Gasteiger partial charge in [-0.15, -0.1) is 0 Å². The Bertz CT molecular complexity index is 586. The second-order valence-corrected chi connectivity index (χ2v) is 4.30. The molecule has 0 atom stereocenters. The number of anilines is 2. The number of fused-ring (bicyclic) bond motifs is 1. The van der Waals surface area contributed by atoms with Crippen molar-refractivity contribution in [2.24, 2.45) is 0 Å². The van der Waals surface area contributed by atoms with Crippen molar-refractivity contribution in [3.05, 3.63) is 53.5 Å². The molecule has 4 heteroatoms. The first kappa shape index (κ1) is 11.2. The Kier molecular flexibility index (Phi) is 2.72. The molecule has 0 radical (unpaired) electrons. The molecule has 1 N–H and O–H groups in total. The third-order valence-electron chi connectivity index (χ3n) is 3.26. The van der Waals surface area contributed by atoms with Gasteiger partial charge in [-0.1, -0.05) is 18.2 Å². The zero-order valence-electron chi connectivity index (χ0n) is 9.81. The van der Waals surface area contributed by atoms with Gasteiger partial charge in [-0.3, -0.25) is 0 Å². The second-order valence-electron chi connectivity index (χ2n) is 4.30. The van der Waals surface area contributed by atoms with E-state index in [1.807, 2.05) is 29.2 Å². The van der Waals surface area contributed by atoms with E-state index in [1.54, 1.807) is 0 Å². The van der Waals surface area contributed by atoms with Gasteiger partial charge in [0.05, 0.1) is 6.61 Å². The van der Waals surface area contributed by atoms with E-state index >= 15 is 0 Å². The molecule has 0 amide bonds. The van der Waals surface area contributed by atoms with Crippen LogP contribution in [0.3, 0.4) is 0 Å². The number of halogens is 1. The van der Waals surface area contributed by atoms with Crippen LogP contribution in [-0.4, -0.2) is 16.6 Å². The minimum atomic E-state index is -0.434. The van der Waals surface area contributed by atoms with Gasteiger partial charge in [0.15, 0.2) is 11.6 Å². The molecular weight excluding hydrogens is 231 g/mol. The lowest BCUT2D eigenvalue weighted by molar-refractivity contribution is 0.275. The standard InChI is InChI=1S/C14H13FN2O/c15-13-11(9-18)5-7-16-14(13)17-8-6-10-3-1-2-4-12(10)17/h1-5,7,18H,6,8-9H2. The lowest BCUT2D eigenvalue weighted by atomic mass is 10.2. The van der Waals surface area contributed by atoms with Crippen molar-refractivity contribution in [1.82, 2.24) is 4.98 Å². The molecule has 92 valence electrons. The van der Waals surface area contributed by atoms with Gasteiger partial charge in [0.2, 0.25) is 0 Å². The van der Waals surface area contributed by atoms with Crippen LogP contribution in [0, 0.1) is 5.82 Å². The van der Waals surface area contributed by atoms with E-state index in [4.69, 9.17) is 5.11 Å².